The molecule has 0 fully saturated rings. The molecule has 2 N–H and O–H groups in total. The summed E-state index contributed by atoms with van der Waals surface area (Å²) in [4.78, 5) is 23.0. The van der Waals surface area contributed by atoms with Crippen LogP contribution in [-0.2, 0) is 9.59 Å². The molecule has 0 atom stereocenters. The van der Waals surface area contributed by atoms with E-state index in [4.69, 9.17) is 0 Å². The highest BCUT2D eigenvalue weighted by atomic mass is 19.1. The molecule has 0 unspecified atom stereocenters. The number of halogens is 2. The first-order chi connectivity index (χ1) is 9.83. The Labute approximate surface area is 122 Å². The van der Waals surface area contributed by atoms with Gasteiger partial charge in [0.1, 0.15) is 11.6 Å². The molecule has 4 nitrogen and oxygen atoms in total. The molecule has 6 heteroatoms. The van der Waals surface area contributed by atoms with E-state index in [1.54, 1.807) is 0 Å². The molecular formula is C15H20F2N2O2. The van der Waals surface area contributed by atoms with E-state index in [9.17, 15) is 18.4 Å². The van der Waals surface area contributed by atoms with Crippen molar-refractivity contribution in [2.75, 3.05) is 10.6 Å². The SMILES string of the molecule is CCCC(=O)Nc1cc(F)c(NC(=O)CC(C)C)cc1F. The van der Waals surface area contributed by atoms with Gasteiger partial charge in [-0.25, -0.2) is 8.78 Å². The van der Waals surface area contributed by atoms with E-state index in [2.05, 4.69) is 10.6 Å². The molecule has 0 spiro atoms. The number of hydrogen-bond donors (Lipinski definition) is 2. The Morgan fingerprint density at radius 3 is 1.95 bits per heavy atom. The Balaban J connectivity index is 2.84. The Bertz CT molecular complexity index is 531. The summed E-state index contributed by atoms with van der Waals surface area (Å²) in [7, 11) is 0. The molecule has 0 radical (unpaired) electrons. The van der Waals surface area contributed by atoms with Crippen LogP contribution in [-0.4, -0.2) is 11.8 Å². The van der Waals surface area contributed by atoms with Gasteiger partial charge in [-0.1, -0.05) is 20.8 Å². The Hall–Kier alpha value is -1.98. The minimum Gasteiger partial charge on any atom is -0.324 e. The average Bonchev–Trinajstić information content (AvgIpc) is 2.34. The lowest BCUT2D eigenvalue weighted by molar-refractivity contribution is -0.117. The van der Waals surface area contributed by atoms with Crippen molar-refractivity contribution in [2.45, 2.75) is 40.0 Å². The van der Waals surface area contributed by atoms with Crippen LogP contribution in [0.5, 0.6) is 0 Å². The van der Waals surface area contributed by atoms with Crippen LogP contribution in [0.3, 0.4) is 0 Å². The number of hydrogen-bond acceptors (Lipinski definition) is 2. The first-order valence-electron chi connectivity index (χ1n) is 6.92. The average molecular weight is 298 g/mol. The summed E-state index contributed by atoms with van der Waals surface area (Å²) in [5.74, 6) is -2.23. The molecule has 0 aliphatic rings. The number of benzene rings is 1. The van der Waals surface area contributed by atoms with Crippen LogP contribution in [0.4, 0.5) is 20.2 Å². The second kappa shape index (κ2) is 7.71. The summed E-state index contributed by atoms with van der Waals surface area (Å²) in [6.45, 7) is 5.51. The maximum Gasteiger partial charge on any atom is 0.224 e. The second-order valence-corrected chi connectivity index (χ2v) is 5.26. The van der Waals surface area contributed by atoms with Crippen molar-refractivity contribution >= 4 is 23.2 Å². The van der Waals surface area contributed by atoms with Crippen LogP contribution in [0.2, 0.25) is 0 Å². The quantitative estimate of drug-likeness (QED) is 0.841. The van der Waals surface area contributed by atoms with Crippen molar-refractivity contribution in [1.82, 2.24) is 0 Å². The normalized spacial score (nSPS) is 10.6. The molecule has 0 heterocycles. The molecule has 0 bridgehead atoms. The number of carbonyl (C=O) groups excluding carboxylic acids is 2. The zero-order valence-corrected chi connectivity index (χ0v) is 12.4. The van der Waals surface area contributed by atoms with Crippen LogP contribution in [0.1, 0.15) is 40.0 Å². The zero-order valence-electron chi connectivity index (χ0n) is 12.4. The van der Waals surface area contributed by atoms with Crippen molar-refractivity contribution in [3.05, 3.63) is 23.8 Å². The predicted octanol–water partition coefficient (Wildman–Crippen LogP) is 3.69. The van der Waals surface area contributed by atoms with Gasteiger partial charge < -0.3 is 10.6 Å². The highest BCUT2D eigenvalue weighted by Gasteiger charge is 2.14. The van der Waals surface area contributed by atoms with Crippen LogP contribution in [0, 0.1) is 17.6 Å². The van der Waals surface area contributed by atoms with Gasteiger partial charge in [-0.05, 0) is 12.3 Å². The van der Waals surface area contributed by atoms with Gasteiger partial charge in [0, 0.05) is 25.0 Å². The molecule has 0 saturated heterocycles. The summed E-state index contributed by atoms with van der Waals surface area (Å²) in [5.41, 5.74) is -0.459. The molecular weight excluding hydrogens is 278 g/mol. The van der Waals surface area contributed by atoms with Crippen molar-refractivity contribution in [3.63, 3.8) is 0 Å². The first-order valence-corrected chi connectivity index (χ1v) is 6.92. The fourth-order valence-electron chi connectivity index (χ4n) is 1.75. The van der Waals surface area contributed by atoms with Gasteiger partial charge in [-0.3, -0.25) is 9.59 Å². The molecule has 0 aliphatic heterocycles. The number of rotatable bonds is 6. The summed E-state index contributed by atoms with van der Waals surface area (Å²) in [6.07, 6.45) is 1.06. The van der Waals surface area contributed by atoms with Crippen LogP contribution in [0.25, 0.3) is 0 Å². The monoisotopic (exact) mass is 298 g/mol. The highest BCUT2D eigenvalue weighted by molar-refractivity contribution is 5.93. The summed E-state index contributed by atoms with van der Waals surface area (Å²) < 4.78 is 27.6. The van der Waals surface area contributed by atoms with Crippen molar-refractivity contribution in [1.29, 1.82) is 0 Å². The van der Waals surface area contributed by atoms with Crippen molar-refractivity contribution < 1.29 is 18.4 Å². The predicted molar refractivity (Wildman–Crippen MR) is 78.0 cm³/mol. The fraction of sp³-hybridized carbons (Fsp3) is 0.467. The first kappa shape index (κ1) is 17.1. The van der Waals surface area contributed by atoms with Gasteiger partial charge in [-0.15, -0.1) is 0 Å². The molecule has 1 aromatic rings. The highest BCUT2D eigenvalue weighted by Crippen LogP contribution is 2.23. The number of carbonyl (C=O) groups is 2. The third-order valence-corrected chi connectivity index (χ3v) is 2.68. The van der Waals surface area contributed by atoms with Crippen LogP contribution in [0.15, 0.2) is 12.1 Å². The van der Waals surface area contributed by atoms with Crippen molar-refractivity contribution in [3.8, 4) is 0 Å². The van der Waals surface area contributed by atoms with E-state index in [1.165, 1.54) is 0 Å². The van der Waals surface area contributed by atoms with Gasteiger partial charge in [0.2, 0.25) is 11.8 Å². The topological polar surface area (TPSA) is 58.2 Å². The molecule has 0 saturated carbocycles. The number of amides is 2. The number of nitrogens with one attached hydrogen (secondary N) is 2. The summed E-state index contributed by atoms with van der Waals surface area (Å²) >= 11 is 0. The zero-order chi connectivity index (χ0) is 16.0. The third kappa shape index (κ3) is 5.49. The van der Waals surface area contributed by atoms with E-state index >= 15 is 0 Å². The molecule has 116 valence electrons. The Kier molecular flexibility index (Phi) is 6.27. The van der Waals surface area contributed by atoms with Gasteiger partial charge in [0.25, 0.3) is 0 Å². The lowest BCUT2D eigenvalue weighted by Crippen LogP contribution is -2.16. The molecule has 21 heavy (non-hydrogen) atoms. The third-order valence-electron chi connectivity index (χ3n) is 2.68. The minimum absolute atomic E-state index is 0.116. The smallest absolute Gasteiger partial charge is 0.224 e. The van der Waals surface area contributed by atoms with E-state index in [0.29, 0.717) is 6.42 Å². The van der Waals surface area contributed by atoms with Crippen LogP contribution >= 0.6 is 0 Å². The van der Waals surface area contributed by atoms with E-state index in [-0.39, 0.29) is 41.9 Å². The van der Waals surface area contributed by atoms with Gasteiger partial charge in [-0.2, -0.15) is 0 Å². The van der Waals surface area contributed by atoms with Gasteiger partial charge in [0.05, 0.1) is 11.4 Å². The lowest BCUT2D eigenvalue weighted by Gasteiger charge is -2.11. The molecule has 1 aromatic carbocycles. The Morgan fingerprint density at radius 1 is 1.05 bits per heavy atom. The van der Waals surface area contributed by atoms with Gasteiger partial charge in [0.15, 0.2) is 0 Å². The lowest BCUT2D eigenvalue weighted by atomic mass is 10.1. The number of anilines is 2. The maximum absolute atomic E-state index is 13.8. The largest absolute Gasteiger partial charge is 0.324 e. The van der Waals surface area contributed by atoms with E-state index in [0.717, 1.165) is 12.1 Å². The Morgan fingerprint density at radius 2 is 1.52 bits per heavy atom. The molecule has 0 aliphatic carbocycles. The fourth-order valence-corrected chi connectivity index (χ4v) is 1.75. The summed E-state index contributed by atoms with van der Waals surface area (Å²) in [6, 6.07) is 1.74. The van der Waals surface area contributed by atoms with Gasteiger partial charge >= 0.3 is 0 Å². The molecule has 0 aromatic heterocycles. The van der Waals surface area contributed by atoms with Crippen LogP contribution < -0.4 is 10.6 Å². The maximum atomic E-state index is 13.8. The molecule has 1 rings (SSSR count). The minimum atomic E-state index is -0.791. The van der Waals surface area contributed by atoms with Crippen molar-refractivity contribution in [2.24, 2.45) is 5.92 Å². The van der Waals surface area contributed by atoms with E-state index < -0.39 is 11.6 Å². The standard InChI is InChI=1S/C15H20F2N2O2/c1-4-5-14(20)18-12-7-11(17)13(8-10(12)16)19-15(21)6-9(2)3/h7-9H,4-6H2,1-3H3,(H,18,20)(H,19,21). The second-order valence-electron chi connectivity index (χ2n) is 5.26. The molecule has 2 amide bonds. The summed E-state index contributed by atoms with van der Waals surface area (Å²) in [5, 5.41) is 4.62. The van der Waals surface area contributed by atoms with E-state index in [1.807, 2.05) is 20.8 Å².